The summed E-state index contributed by atoms with van der Waals surface area (Å²) in [4.78, 5) is 12.9. The number of aromatic nitrogens is 3. The summed E-state index contributed by atoms with van der Waals surface area (Å²) in [6.07, 6.45) is 1.92. The first kappa shape index (κ1) is 15.9. The van der Waals surface area contributed by atoms with Crippen LogP contribution >= 0.6 is 11.8 Å². The van der Waals surface area contributed by atoms with Gasteiger partial charge in [0.15, 0.2) is 5.16 Å². The van der Waals surface area contributed by atoms with Crippen LogP contribution in [0.4, 0.5) is 0 Å². The topological polar surface area (TPSA) is 62.7 Å². The number of benzene rings is 1. The largest absolute Gasteiger partial charge is 0.343 e. The van der Waals surface area contributed by atoms with Crippen molar-refractivity contribution in [2.75, 3.05) is 7.05 Å². The van der Waals surface area contributed by atoms with Gasteiger partial charge in [-0.1, -0.05) is 32.0 Å². The Kier molecular flexibility index (Phi) is 5.64. The van der Waals surface area contributed by atoms with E-state index in [1.807, 2.05) is 19.2 Å². The number of hydrogen-bond acceptors (Lipinski definition) is 4. The number of hydrogen-bond donors (Lipinski definition) is 2. The molecule has 114 valence electrons. The molecule has 1 aromatic carbocycles. The normalized spacial score (nSPS) is 12.5. The van der Waals surface area contributed by atoms with Crippen LogP contribution in [0.25, 0.3) is 0 Å². The van der Waals surface area contributed by atoms with Crippen LogP contribution in [0.5, 0.6) is 0 Å². The van der Waals surface area contributed by atoms with Crippen molar-refractivity contribution in [3.05, 3.63) is 40.3 Å². The molecule has 1 atom stereocenters. The molecule has 0 spiro atoms. The predicted octanol–water partition coefficient (Wildman–Crippen LogP) is 2.80. The van der Waals surface area contributed by atoms with Gasteiger partial charge in [0.1, 0.15) is 0 Å². The van der Waals surface area contributed by atoms with E-state index in [2.05, 4.69) is 41.5 Å². The third kappa shape index (κ3) is 3.57. The highest BCUT2D eigenvalue weighted by Crippen LogP contribution is 2.32. The average Bonchev–Trinajstić information content (AvgIpc) is 2.84. The Morgan fingerprint density at radius 3 is 2.81 bits per heavy atom. The standard InChI is InChI=1S/C15H22N4OS/c1-4-10-19-14(20)17-18-15(19)21-13-9-7-6-8-11(13)12(5-2)16-3/h6-9,12,16H,4-5,10H2,1-3H3,(H,17,20). The lowest BCUT2D eigenvalue weighted by Crippen LogP contribution is -2.18. The second-order valence-corrected chi connectivity index (χ2v) is 5.86. The van der Waals surface area contributed by atoms with Gasteiger partial charge in [0.2, 0.25) is 0 Å². The SMILES string of the molecule is CCCn1c(Sc2ccccc2C(CC)NC)n[nH]c1=O. The van der Waals surface area contributed by atoms with E-state index in [4.69, 9.17) is 0 Å². The monoisotopic (exact) mass is 306 g/mol. The molecule has 1 unspecified atom stereocenters. The quantitative estimate of drug-likeness (QED) is 0.825. The zero-order valence-corrected chi connectivity index (χ0v) is 13.5. The van der Waals surface area contributed by atoms with E-state index in [9.17, 15) is 4.79 Å². The summed E-state index contributed by atoms with van der Waals surface area (Å²) in [5, 5.41) is 10.7. The average molecular weight is 306 g/mol. The van der Waals surface area contributed by atoms with E-state index in [0.29, 0.717) is 12.6 Å². The molecular formula is C15H22N4OS. The fourth-order valence-corrected chi connectivity index (χ4v) is 3.39. The molecule has 0 radical (unpaired) electrons. The Morgan fingerprint density at radius 2 is 2.14 bits per heavy atom. The van der Waals surface area contributed by atoms with Gasteiger partial charge in [0.25, 0.3) is 0 Å². The first-order valence-electron chi connectivity index (χ1n) is 7.30. The zero-order chi connectivity index (χ0) is 15.2. The molecule has 5 nitrogen and oxygen atoms in total. The van der Waals surface area contributed by atoms with Crippen molar-refractivity contribution in [1.82, 2.24) is 20.1 Å². The first-order chi connectivity index (χ1) is 10.2. The minimum Gasteiger partial charge on any atom is -0.313 e. The Bertz CT molecular complexity index is 631. The Hall–Kier alpha value is -1.53. The maximum Gasteiger partial charge on any atom is 0.343 e. The maximum atomic E-state index is 11.8. The lowest BCUT2D eigenvalue weighted by molar-refractivity contribution is 0.567. The lowest BCUT2D eigenvalue weighted by Gasteiger charge is -2.17. The third-order valence-corrected chi connectivity index (χ3v) is 4.51. The highest BCUT2D eigenvalue weighted by molar-refractivity contribution is 7.99. The summed E-state index contributed by atoms with van der Waals surface area (Å²) in [7, 11) is 1.97. The molecule has 0 saturated heterocycles. The predicted molar refractivity (Wildman–Crippen MR) is 85.8 cm³/mol. The molecule has 0 aliphatic heterocycles. The van der Waals surface area contributed by atoms with Crippen molar-refractivity contribution in [3.8, 4) is 0 Å². The van der Waals surface area contributed by atoms with Crippen molar-refractivity contribution in [3.63, 3.8) is 0 Å². The van der Waals surface area contributed by atoms with E-state index in [1.165, 1.54) is 5.56 Å². The molecular weight excluding hydrogens is 284 g/mol. The van der Waals surface area contributed by atoms with Gasteiger partial charge in [-0.3, -0.25) is 4.57 Å². The molecule has 1 heterocycles. The number of H-pyrrole nitrogens is 1. The molecule has 2 aromatic rings. The highest BCUT2D eigenvalue weighted by atomic mass is 32.2. The van der Waals surface area contributed by atoms with Gasteiger partial charge in [0, 0.05) is 17.5 Å². The van der Waals surface area contributed by atoms with Gasteiger partial charge in [-0.15, -0.1) is 5.10 Å². The maximum absolute atomic E-state index is 11.8. The van der Waals surface area contributed by atoms with Gasteiger partial charge < -0.3 is 5.32 Å². The molecule has 1 aromatic heterocycles. The molecule has 21 heavy (non-hydrogen) atoms. The summed E-state index contributed by atoms with van der Waals surface area (Å²) in [6, 6.07) is 8.57. The van der Waals surface area contributed by atoms with Gasteiger partial charge in [-0.25, -0.2) is 9.89 Å². The highest BCUT2D eigenvalue weighted by Gasteiger charge is 2.15. The number of nitrogens with one attached hydrogen (secondary N) is 2. The minimum atomic E-state index is -0.141. The summed E-state index contributed by atoms with van der Waals surface area (Å²) in [5.74, 6) is 0. The molecule has 6 heteroatoms. The van der Waals surface area contributed by atoms with Crippen LogP contribution in [-0.2, 0) is 6.54 Å². The van der Waals surface area contributed by atoms with E-state index < -0.39 is 0 Å². The smallest absolute Gasteiger partial charge is 0.313 e. The van der Waals surface area contributed by atoms with Crippen LogP contribution in [0.1, 0.15) is 38.3 Å². The summed E-state index contributed by atoms with van der Waals surface area (Å²) in [5.41, 5.74) is 1.10. The van der Waals surface area contributed by atoms with Crippen LogP contribution in [0, 0.1) is 0 Å². The Morgan fingerprint density at radius 1 is 1.38 bits per heavy atom. The van der Waals surface area contributed by atoms with E-state index in [1.54, 1.807) is 16.3 Å². The van der Waals surface area contributed by atoms with Crippen LogP contribution in [0.15, 0.2) is 39.1 Å². The fraction of sp³-hybridized carbons (Fsp3) is 0.467. The van der Waals surface area contributed by atoms with Crippen molar-refractivity contribution < 1.29 is 0 Å². The molecule has 2 N–H and O–H groups in total. The molecule has 0 aliphatic rings. The van der Waals surface area contributed by atoms with Gasteiger partial charge >= 0.3 is 5.69 Å². The molecule has 0 saturated carbocycles. The van der Waals surface area contributed by atoms with Crippen LogP contribution in [0.2, 0.25) is 0 Å². The van der Waals surface area contributed by atoms with Crippen LogP contribution in [0.3, 0.4) is 0 Å². The minimum absolute atomic E-state index is 0.141. The van der Waals surface area contributed by atoms with Crippen LogP contribution in [-0.4, -0.2) is 21.8 Å². The first-order valence-corrected chi connectivity index (χ1v) is 8.12. The molecule has 0 bridgehead atoms. The van der Waals surface area contributed by atoms with Gasteiger partial charge in [-0.2, -0.15) is 0 Å². The second kappa shape index (κ2) is 7.47. The number of nitrogens with zero attached hydrogens (tertiary/aromatic N) is 2. The fourth-order valence-electron chi connectivity index (χ4n) is 2.34. The van der Waals surface area contributed by atoms with E-state index in [-0.39, 0.29) is 5.69 Å². The summed E-state index contributed by atoms with van der Waals surface area (Å²) in [6.45, 7) is 4.89. The lowest BCUT2D eigenvalue weighted by atomic mass is 10.1. The van der Waals surface area contributed by atoms with E-state index >= 15 is 0 Å². The molecule has 2 rings (SSSR count). The molecule has 0 amide bonds. The third-order valence-electron chi connectivity index (χ3n) is 3.42. The molecule has 0 aliphatic carbocycles. The van der Waals surface area contributed by atoms with E-state index in [0.717, 1.165) is 22.9 Å². The second-order valence-electron chi connectivity index (χ2n) is 4.85. The Balaban J connectivity index is 2.34. The van der Waals surface area contributed by atoms with Crippen molar-refractivity contribution in [2.24, 2.45) is 0 Å². The van der Waals surface area contributed by atoms with Crippen molar-refractivity contribution >= 4 is 11.8 Å². The van der Waals surface area contributed by atoms with Crippen LogP contribution < -0.4 is 11.0 Å². The Labute approximate surface area is 129 Å². The van der Waals surface area contributed by atoms with Gasteiger partial charge in [-0.05, 0) is 43.3 Å². The zero-order valence-electron chi connectivity index (χ0n) is 12.7. The molecule has 0 fully saturated rings. The summed E-state index contributed by atoms with van der Waals surface area (Å²) >= 11 is 1.54. The summed E-state index contributed by atoms with van der Waals surface area (Å²) < 4.78 is 1.70. The number of aromatic amines is 1. The van der Waals surface area contributed by atoms with Gasteiger partial charge in [0.05, 0.1) is 0 Å². The van der Waals surface area contributed by atoms with Crippen molar-refractivity contribution in [2.45, 2.75) is 49.3 Å². The van der Waals surface area contributed by atoms with Crippen molar-refractivity contribution in [1.29, 1.82) is 0 Å². The number of rotatable bonds is 7.